The first kappa shape index (κ1) is 16.5. The minimum absolute atomic E-state index is 0.0318. The van der Waals surface area contributed by atoms with Crippen molar-refractivity contribution in [1.29, 1.82) is 0 Å². The minimum atomic E-state index is -0.495. The second-order valence-electron chi connectivity index (χ2n) is 5.13. The maximum Gasteiger partial charge on any atom is 0.238 e. The Balaban J connectivity index is 1.60. The standard InChI is InChI=1S/C15H14N4O3S2/c16-12(20)5-8-7-23-15(17-8)19-13(21)6-11-14(22)18-9-3-1-2-4-10(9)24-11/h1-4,7,11H,5-6H2,(H2,16,20)(H,18,22)(H,17,19,21). The number of nitrogens with two attached hydrogens (primary N) is 1. The molecular weight excluding hydrogens is 348 g/mol. The predicted molar refractivity (Wildman–Crippen MR) is 93.0 cm³/mol. The largest absolute Gasteiger partial charge is 0.369 e. The molecule has 0 bridgehead atoms. The second kappa shape index (κ2) is 7.02. The van der Waals surface area contributed by atoms with Gasteiger partial charge in [-0.3, -0.25) is 14.4 Å². The van der Waals surface area contributed by atoms with Gasteiger partial charge < -0.3 is 16.4 Å². The number of carbonyl (C=O) groups is 3. The molecule has 2 heterocycles. The molecule has 3 amide bonds. The third kappa shape index (κ3) is 3.92. The van der Waals surface area contributed by atoms with Gasteiger partial charge in [0.25, 0.3) is 0 Å². The van der Waals surface area contributed by atoms with Crippen LogP contribution in [0.3, 0.4) is 0 Å². The predicted octanol–water partition coefficient (Wildman–Crippen LogP) is 1.61. The number of anilines is 2. The SMILES string of the molecule is NC(=O)Cc1csc(NC(=O)CC2Sc3ccccc3NC2=O)n1. The van der Waals surface area contributed by atoms with Crippen molar-refractivity contribution in [2.75, 3.05) is 10.6 Å². The Morgan fingerprint density at radius 3 is 2.92 bits per heavy atom. The summed E-state index contributed by atoms with van der Waals surface area (Å²) >= 11 is 2.58. The van der Waals surface area contributed by atoms with Gasteiger partial charge >= 0.3 is 0 Å². The number of carbonyl (C=O) groups excluding carboxylic acids is 3. The quantitative estimate of drug-likeness (QED) is 0.748. The van der Waals surface area contributed by atoms with Crippen LogP contribution in [0, 0.1) is 0 Å². The number of para-hydroxylation sites is 1. The lowest BCUT2D eigenvalue weighted by Gasteiger charge is -2.23. The van der Waals surface area contributed by atoms with E-state index in [2.05, 4.69) is 15.6 Å². The van der Waals surface area contributed by atoms with Gasteiger partial charge in [0, 0.05) is 16.7 Å². The summed E-state index contributed by atoms with van der Waals surface area (Å²) in [5.74, 6) is -0.975. The Bertz CT molecular complexity index is 806. The van der Waals surface area contributed by atoms with Crippen LogP contribution in [0.15, 0.2) is 34.5 Å². The zero-order chi connectivity index (χ0) is 17.1. The van der Waals surface area contributed by atoms with Crippen LogP contribution in [0.5, 0.6) is 0 Å². The van der Waals surface area contributed by atoms with Crippen LogP contribution in [0.4, 0.5) is 10.8 Å². The fourth-order valence-electron chi connectivity index (χ4n) is 2.19. The Morgan fingerprint density at radius 2 is 2.12 bits per heavy atom. The number of hydrogen-bond donors (Lipinski definition) is 3. The number of amides is 3. The normalized spacial score (nSPS) is 16.2. The van der Waals surface area contributed by atoms with E-state index >= 15 is 0 Å². The van der Waals surface area contributed by atoms with Gasteiger partial charge in [-0.25, -0.2) is 4.98 Å². The van der Waals surface area contributed by atoms with Gasteiger partial charge in [0.15, 0.2) is 5.13 Å². The Labute approximate surface area is 146 Å². The van der Waals surface area contributed by atoms with Crippen molar-refractivity contribution in [3.8, 4) is 0 Å². The lowest BCUT2D eigenvalue weighted by molar-refractivity contribution is -0.120. The Kier molecular flexibility index (Phi) is 4.81. The van der Waals surface area contributed by atoms with Crippen LogP contribution < -0.4 is 16.4 Å². The number of hydrogen-bond acceptors (Lipinski definition) is 6. The van der Waals surface area contributed by atoms with Crippen LogP contribution in [-0.4, -0.2) is 28.0 Å². The molecule has 1 aliphatic rings. The van der Waals surface area contributed by atoms with E-state index in [1.54, 1.807) is 5.38 Å². The van der Waals surface area contributed by atoms with Gasteiger partial charge in [-0.2, -0.15) is 0 Å². The molecule has 1 aliphatic heterocycles. The third-order valence-corrected chi connectivity index (χ3v) is 5.31. The minimum Gasteiger partial charge on any atom is -0.369 e. The van der Waals surface area contributed by atoms with E-state index < -0.39 is 11.2 Å². The lowest BCUT2D eigenvalue weighted by atomic mass is 10.2. The summed E-state index contributed by atoms with van der Waals surface area (Å²) in [6.45, 7) is 0. The summed E-state index contributed by atoms with van der Waals surface area (Å²) < 4.78 is 0. The van der Waals surface area contributed by atoms with E-state index in [0.717, 1.165) is 10.6 Å². The highest BCUT2D eigenvalue weighted by Gasteiger charge is 2.29. The van der Waals surface area contributed by atoms with Crippen LogP contribution in [0.1, 0.15) is 12.1 Å². The zero-order valence-corrected chi connectivity index (χ0v) is 14.1. The van der Waals surface area contributed by atoms with E-state index in [1.807, 2.05) is 24.3 Å². The number of nitrogens with zero attached hydrogens (tertiary/aromatic N) is 1. The number of thioether (sulfide) groups is 1. The average Bonchev–Trinajstić information content (AvgIpc) is 2.94. The molecule has 24 heavy (non-hydrogen) atoms. The molecule has 0 fully saturated rings. The molecule has 7 nitrogen and oxygen atoms in total. The summed E-state index contributed by atoms with van der Waals surface area (Å²) in [5, 5.41) is 7.01. The maximum atomic E-state index is 12.1. The monoisotopic (exact) mass is 362 g/mol. The molecule has 0 aliphatic carbocycles. The van der Waals surface area contributed by atoms with Crippen molar-refractivity contribution in [3.63, 3.8) is 0 Å². The fourth-order valence-corrected chi connectivity index (χ4v) is 4.03. The third-order valence-electron chi connectivity index (χ3n) is 3.23. The molecule has 1 unspecified atom stereocenters. The van der Waals surface area contributed by atoms with Crippen molar-refractivity contribution in [1.82, 2.24) is 4.98 Å². The van der Waals surface area contributed by atoms with Crippen molar-refractivity contribution < 1.29 is 14.4 Å². The van der Waals surface area contributed by atoms with Gasteiger partial charge in [0.05, 0.1) is 23.1 Å². The van der Waals surface area contributed by atoms with Crippen molar-refractivity contribution in [3.05, 3.63) is 35.3 Å². The Morgan fingerprint density at radius 1 is 1.33 bits per heavy atom. The lowest BCUT2D eigenvalue weighted by Crippen LogP contribution is -2.32. The van der Waals surface area contributed by atoms with E-state index in [1.165, 1.54) is 23.1 Å². The molecular formula is C15H14N4O3S2. The zero-order valence-electron chi connectivity index (χ0n) is 12.4. The van der Waals surface area contributed by atoms with Crippen LogP contribution >= 0.6 is 23.1 Å². The molecule has 0 spiro atoms. The number of aromatic nitrogens is 1. The molecule has 4 N–H and O–H groups in total. The molecule has 0 saturated carbocycles. The molecule has 1 aromatic heterocycles. The summed E-state index contributed by atoms with van der Waals surface area (Å²) in [6.07, 6.45) is 0.0691. The molecule has 0 saturated heterocycles. The topological polar surface area (TPSA) is 114 Å². The van der Waals surface area contributed by atoms with Gasteiger partial charge in [-0.1, -0.05) is 12.1 Å². The van der Waals surface area contributed by atoms with E-state index in [9.17, 15) is 14.4 Å². The van der Waals surface area contributed by atoms with Gasteiger partial charge in [0.1, 0.15) is 0 Å². The van der Waals surface area contributed by atoms with Crippen molar-refractivity contribution in [2.45, 2.75) is 23.0 Å². The first-order valence-electron chi connectivity index (χ1n) is 7.10. The average molecular weight is 362 g/mol. The molecule has 1 atom stereocenters. The summed E-state index contributed by atoms with van der Waals surface area (Å²) in [7, 11) is 0. The van der Waals surface area contributed by atoms with E-state index in [0.29, 0.717) is 10.8 Å². The highest BCUT2D eigenvalue weighted by Crippen LogP contribution is 2.36. The van der Waals surface area contributed by atoms with Crippen LogP contribution in [-0.2, 0) is 20.8 Å². The maximum absolute atomic E-state index is 12.1. The van der Waals surface area contributed by atoms with Gasteiger partial charge in [-0.15, -0.1) is 23.1 Å². The highest BCUT2D eigenvalue weighted by atomic mass is 32.2. The number of thiazole rings is 1. The number of benzene rings is 1. The fraction of sp³-hybridized carbons (Fsp3) is 0.200. The molecule has 9 heteroatoms. The van der Waals surface area contributed by atoms with E-state index in [-0.39, 0.29) is 24.7 Å². The number of fused-ring (bicyclic) bond motifs is 1. The van der Waals surface area contributed by atoms with Crippen molar-refractivity contribution >= 4 is 51.6 Å². The van der Waals surface area contributed by atoms with Crippen LogP contribution in [0.25, 0.3) is 0 Å². The number of primary amides is 1. The second-order valence-corrected chi connectivity index (χ2v) is 7.23. The summed E-state index contributed by atoms with van der Waals surface area (Å²) in [6, 6.07) is 7.46. The number of nitrogens with one attached hydrogen (secondary N) is 2. The van der Waals surface area contributed by atoms with Gasteiger partial charge in [0.2, 0.25) is 17.7 Å². The summed E-state index contributed by atoms with van der Waals surface area (Å²) in [5.41, 5.74) is 6.38. The molecule has 2 aromatic rings. The number of rotatable bonds is 5. The highest BCUT2D eigenvalue weighted by molar-refractivity contribution is 8.01. The molecule has 1 aromatic carbocycles. The molecule has 3 rings (SSSR count). The first-order chi connectivity index (χ1) is 11.5. The Hall–Kier alpha value is -2.39. The first-order valence-corrected chi connectivity index (χ1v) is 8.86. The summed E-state index contributed by atoms with van der Waals surface area (Å²) in [4.78, 5) is 40.1. The van der Waals surface area contributed by atoms with Gasteiger partial charge in [-0.05, 0) is 12.1 Å². The molecule has 0 radical (unpaired) electrons. The molecule has 124 valence electrons. The van der Waals surface area contributed by atoms with Crippen molar-refractivity contribution in [2.24, 2.45) is 5.73 Å². The smallest absolute Gasteiger partial charge is 0.238 e. The van der Waals surface area contributed by atoms with Crippen LogP contribution in [0.2, 0.25) is 0 Å². The van der Waals surface area contributed by atoms with E-state index in [4.69, 9.17) is 5.73 Å².